The largest absolute Gasteiger partial charge is 0.395 e. The van der Waals surface area contributed by atoms with Gasteiger partial charge in [0.1, 0.15) is 0 Å². The molecule has 0 aliphatic heterocycles. The Morgan fingerprint density at radius 2 is 1.86 bits per heavy atom. The van der Waals surface area contributed by atoms with Crippen LogP contribution in [-0.4, -0.2) is 31.3 Å². The second-order valence-electron chi connectivity index (χ2n) is 6.07. The standard InChI is InChI=1S/C18H30N2O/c1-2-20(14-15-21)18-10-8-17(9-11-18)19-13-12-16-6-4-3-5-7-16/h8-11,16,19,21H,2-7,12-15H2,1H3. The maximum atomic E-state index is 9.07. The van der Waals surface area contributed by atoms with Crippen LogP contribution in [0, 0.1) is 5.92 Å². The number of nitrogens with one attached hydrogen (secondary N) is 1. The zero-order chi connectivity index (χ0) is 14.9. The lowest BCUT2D eigenvalue weighted by Crippen LogP contribution is -2.25. The highest BCUT2D eigenvalue weighted by atomic mass is 16.3. The summed E-state index contributed by atoms with van der Waals surface area (Å²) in [7, 11) is 0. The van der Waals surface area contributed by atoms with E-state index in [1.165, 1.54) is 49.9 Å². The number of hydrogen-bond acceptors (Lipinski definition) is 3. The molecule has 1 aromatic rings. The maximum absolute atomic E-state index is 9.07. The van der Waals surface area contributed by atoms with E-state index in [4.69, 9.17) is 5.11 Å². The van der Waals surface area contributed by atoms with Crippen molar-refractivity contribution in [3.63, 3.8) is 0 Å². The average Bonchev–Trinajstić information content (AvgIpc) is 2.54. The molecule has 2 rings (SSSR count). The molecular weight excluding hydrogens is 260 g/mol. The highest BCUT2D eigenvalue weighted by molar-refractivity contribution is 5.55. The molecule has 1 aromatic carbocycles. The number of likely N-dealkylation sites (N-methyl/N-ethyl adjacent to an activating group) is 1. The van der Waals surface area contributed by atoms with Gasteiger partial charge in [-0.25, -0.2) is 0 Å². The van der Waals surface area contributed by atoms with E-state index in [1.807, 2.05) is 0 Å². The highest BCUT2D eigenvalue weighted by Crippen LogP contribution is 2.26. The zero-order valence-electron chi connectivity index (χ0n) is 13.4. The van der Waals surface area contributed by atoms with Gasteiger partial charge in [-0.1, -0.05) is 32.1 Å². The third-order valence-corrected chi connectivity index (χ3v) is 4.59. The molecule has 0 bridgehead atoms. The smallest absolute Gasteiger partial charge is 0.0606 e. The molecular formula is C18H30N2O. The lowest BCUT2D eigenvalue weighted by atomic mass is 9.87. The van der Waals surface area contributed by atoms with E-state index in [9.17, 15) is 0 Å². The van der Waals surface area contributed by atoms with E-state index in [-0.39, 0.29) is 6.61 Å². The van der Waals surface area contributed by atoms with Crippen LogP contribution in [0.5, 0.6) is 0 Å². The monoisotopic (exact) mass is 290 g/mol. The maximum Gasteiger partial charge on any atom is 0.0606 e. The third-order valence-electron chi connectivity index (χ3n) is 4.59. The quantitative estimate of drug-likeness (QED) is 0.762. The molecule has 118 valence electrons. The van der Waals surface area contributed by atoms with Gasteiger partial charge in [0.05, 0.1) is 6.61 Å². The summed E-state index contributed by atoms with van der Waals surface area (Å²) >= 11 is 0. The second kappa shape index (κ2) is 8.93. The van der Waals surface area contributed by atoms with Gasteiger partial charge >= 0.3 is 0 Å². The topological polar surface area (TPSA) is 35.5 Å². The Morgan fingerprint density at radius 1 is 1.14 bits per heavy atom. The molecule has 0 saturated heterocycles. The Hall–Kier alpha value is -1.22. The lowest BCUT2D eigenvalue weighted by Gasteiger charge is -2.23. The van der Waals surface area contributed by atoms with Crippen LogP contribution in [0.15, 0.2) is 24.3 Å². The van der Waals surface area contributed by atoms with Crippen LogP contribution in [0.3, 0.4) is 0 Å². The molecule has 2 N–H and O–H groups in total. The average molecular weight is 290 g/mol. The Bertz CT molecular complexity index is 385. The minimum Gasteiger partial charge on any atom is -0.395 e. The predicted molar refractivity (Wildman–Crippen MR) is 91.1 cm³/mol. The summed E-state index contributed by atoms with van der Waals surface area (Å²) in [4.78, 5) is 2.19. The Labute approximate surface area is 129 Å². The molecule has 0 radical (unpaired) electrons. The van der Waals surface area contributed by atoms with Crippen molar-refractivity contribution in [3.8, 4) is 0 Å². The van der Waals surface area contributed by atoms with Crippen LogP contribution in [0.2, 0.25) is 0 Å². The van der Waals surface area contributed by atoms with E-state index in [2.05, 4.69) is 41.4 Å². The van der Waals surface area contributed by atoms with Gasteiger partial charge in [-0.3, -0.25) is 0 Å². The van der Waals surface area contributed by atoms with Crippen LogP contribution < -0.4 is 10.2 Å². The normalized spacial score (nSPS) is 15.9. The summed E-state index contributed by atoms with van der Waals surface area (Å²) in [5, 5.41) is 12.6. The zero-order valence-corrected chi connectivity index (χ0v) is 13.4. The summed E-state index contributed by atoms with van der Waals surface area (Å²) in [5.41, 5.74) is 2.39. The van der Waals surface area contributed by atoms with Gasteiger partial charge in [-0.15, -0.1) is 0 Å². The molecule has 0 atom stereocenters. The first-order chi connectivity index (χ1) is 10.3. The fourth-order valence-corrected chi connectivity index (χ4v) is 3.28. The molecule has 0 heterocycles. The number of nitrogens with zero attached hydrogens (tertiary/aromatic N) is 1. The summed E-state index contributed by atoms with van der Waals surface area (Å²) < 4.78 is 0. The molecule has 1 aliphatic rings. The van der Waals surface area contributed by atoms with E-state index >= 15 is 0 Å². The van der Waals surface area contributed by atoms with Crippen LogP contribution in [0.4, 0.5) is 11.4 Å². The van der Waals surface area contributed by atoms with Gasteiger partial charge in [0.2, 0.25) is 0 Å². The van der Waals surface area contributed by atoms with Gasteiger partial charge < -0.3 is 15.3 Å². The Balaban J connectivity index is 1.76. The van der Waals surface area contributed by atoms with Crippen LogP contribution in [0.25, 0.3) is 0 Å². The van der Waals surface area contributed by atoms with E-state index in [0.717, 1.165) is 19.0 Å². The van der Waals surface area contributed by atoms with Crippen molar-refractivity contribution in [2.75, 3.05) is 36.5 Å². The van der Waals surface area contributed by atoms with Gasteiger partial charge in [0, 0.05) is 31.0 Å². The number of rotatable bonds is 8. The number of aliphatic hydroxyl groups is 1. The predicted octanol–water partition coefficient (Wildman–Crippen LogP) is 3.89. The molecule has 21 heavy (non-hydrogen) atoms. The molecule has 1 saturated carbocycles. The molecule has 1 aliphatic carbocycles. The Kier molecular flexibility index (Phi) is 6.87. The van der Waals surface area contributed by atoms with Crippen molar-refractivity contribution in [1.82, 2.24) is 0 Å². The first-order valence-corrected chi connectivity index (χ1v) is 8.53. The van der Waals surface area contributed by atoms with Gasteiger partial charge in [0.25, 0.3) is 0 Å². The summed E-state index contributed by atoms with van der Waals surface area (Å²) in [6.07, 6.45) is 8.44. The molecule has 1 fully saturated rings. The van der Waals surface area contributed by atoms with Crippen LogP contribution in [-0.2, 0) is 0 Å². The SMILES string of the molecule is CCN(CCO)c1ccc(NCCC2CCCCC2)cc1. The molecule has 0 aromatic heterocycles. The number of anilines is 2. The molecule has 0 amide bonds. The van der Waals surface area contributed by atoms with Crippen LogP contribution >= 0.6 is 0 Å². The van der Waals surface area contributed by atoms with Gasteiger partial charge in [0.15, 0.2) is 0 Å². The van der Waals surface area contributed by atoms with Crippen LogP contribution in [0.1, 0.15) is 45.4 Å². The summed E-state index contributed by atoms with van der Waals surface area (Å²) in [6.45, 7) is 5.03. The molecule has 3 nitrogen and oxygen atoms in total. The van der Waals surface area contributed by atoms with Crippen molar-refractivity contribution < 1.29 is 5.11 Å². The van der Waals surface area contributed by atoms with E-state index < -0.39 is 0 Å². The van der Waals surface area contributed by atoms with Crippen molar-refractivity contribution in [2.45, 2.75) is 45.4 Å². The van der Waals surface area contributed by atoms with Gasteiger partial charge in [-0.2, -0.15) is 0 Å². The third kappa shape index (κ3) is 5.24. The first kappa shape index (κ1) is 16.2. The van der Waals surface area contributed by atoms with Crippen molar-refractivity contribution in [3.05, 3.63) is 24.3 Å². The Morgan fingerprint density at radius 3 is 2.48 bits per heavy atom. The van der Waals surface area contributed by atoms with E-state index in [1.54, 1.807) is 0 Å². The van der Waals surface area contributed by atoms with Crippen molar-refractivity contribution in [2.24, 2.45) is 5.92 Å². The van der Waals surface area contributed by atoms with Gasteiger partial charge in [-0.05, 0) is 43.5 Å². The summed E-state index contributed by atoms with van der Waals surface area (Å²) in [5.74, 6) is 0.936. The molecule has 0 unspecified atom stereocenters. The second-order valence-corrected chi connectivity index (χ2v) is 6.07. The minimum atomic E-state index is 0.204. The minimum absolute atomic E-state index is 0.204. The number of aliphatic hydroxyl groups excluding tert-OH is 1. The number of benzene rings is 1. The first-order valence-electron chi connectivity index (χ1n) is 8.53. The fourth-order valence-electron chi connectivity index (χ4n) is 3.28. The highest BCUT2D eigenvalue weighted by Gasteiger charge is 2.12. The lowest BCUT2D eigenvalue weighted by molar-refractivity contribution is 0.302. The van der Waals surface area contributed by atoms with Crippen molar-refractivity contribution in [1.29, 1.82) is 0 Å². The summed E-state index contributed by atoms with van der Waals surface area (Å²) in [6, 6.07) is 8.58. The molecule has 0 spiro atoms. The number of hydrogen-bond donors (Lipinski definition) is 2. The van der Waals surface area contributed by atoms with Crippen molar-refractivity contribution >= 4 is 11.4 Å². The van der Waals surface area contributed by atoms with E-state index in [0.29, 0.717) is 6.54 Å². The molecule has 3 heteroatoms. The fraction of sp³-hybridized carbons (Fsp3) is 0.667.